The molecule has 4 aromatic rings. The number of fused-ring (bicyclic) bond motifs is 1. The number of H-pyrrole nitrogens is 1. The van der Waals surface area contributed by atoms with Crippen molar-refractivity contribution in [3.05, 3.63) is 70.7 Å². The first-order chi connectivity index (χ1) is 14.0. The van der Waals surface area contributed by atoms with Crippen molar-refractivity contribution in [1.82, 2.24) is 9.97 Å². The van der Waals surface area contributed by atoms with E-state index in [9.17, 15) is 4.79 Å². The molecular weight excluding hydrogens is 413 g/mol. The summed E-state index contributed by atoms with van der Waals surface area (Å²) in [5.41, 5.74) is 2.49. The molecule has 29 heavy (non-hydrogen) atoms. The Bertz CT molecular complexity index is 1190. The lowest BCUT2D eigenvalue weighted by atomic mass is 10.2. The zero-order valence-electron chi connectivity index (χ0n) is 15.2. The molecule has 1 heterocycles. The third kappa shape index (κ3) is 3.99. The number of halogens is 2. The number of hydrogen-bond donors (Lipinski definition) is 2. The molecule has 0 fully saturated rings. The Kier molecular flexibility index (Phi) is 5.29. The number of nitrogens with zero attached hydrogens (tertiary/aromatic N) is 1. The van der Waals surface area contributed by atoms with Crippen LogP contribution in [0.25, 0.3) is 22.4 Å². The number of benzene rings is 3. The van der Waals surface area contributed by atoms with Crippen molar-refractivity contribution < 1.29 is 14.3 Å². The molecule has 3 aromatic carbocycles. The van der Waals surface area contributed by atoms with Gasteiger partial charge in [0.25, 0.3) is 0 Å². The molecule has 6 nitrogen and oxygen atoms in total. The van der Waals surface area contributed by atoms with E-state index < -0.39 is 6.09 Å². The van der Waals surface area contributed by atoms with Crippen molar-refractivity contribution in [2.24, 2.45) is 0 Å². The number of hydrogen-bond acceptors (Lipinski definition) is 4. The van der Waals surface area contributed by atoms with Crippen molar-refractivity contribution in [2.75, 3.05) is 12.4 Å². The molecule has 0 saturated heterocycles. The molecule has 0 radical (unpaired) electrons. The molecule has 0 bridgehead atoms. The highest BCUT2D eigenvalue weighted by Crippen LogP contribution is 2.34. The topological polar surface area (TPSA) is 76.2 Å². The predicted octanol–water partition coefficient (Wildman–Crippen LogP) is 6.16. The van der Waals surface area contributed by atoms with Crippen molar-refractivity contribution in [3.63, 3.8) is 0 Å². The van der Waals surface area contributed by atoms with E-state index in [1.165, 1.54) is 7.11 Å². The summed E-state index contributed by atoms with van der Waals surface area (Å²) in [4.78, 5) is 19.9. The van der Waals surface area contributed by atoms with E-state index in [0.29, 0.717) is 49.7 Å². The molecular formula is C21H15Cl2N3O3. The fourth-order valence-corrected chi connectivity index (χ4v) is 3.46. The SMILES string of the molecule is COc1ccccc1NC(=O)Oc1ccc2nc(-c3c(Cl)cccc3Cl)[nH]c2c1. The van der Waals surface area contributed by atoms with E-state index in [4.69, 9.17) is 32.7 Å². The number of rotatable bonds is 4. The zero-order valence-corrected chi connectivity index (χ0v) is 16.7. The quantitative estimate of drug-likeness (QED) is 0.409. The number of para-hydroxylation sites is 2. The molecule has 0 atom stereocenters. The molecule has 146 valence electrons. The van der Waals surface area contributed by atoms with Crippen LogP contribution in [0.5, 0.6) is 11.5 Å². The summed E-state index contributed by atoms with van der Waals surface area (Å²) in [5.74, 6) is 1.42. The molecule has 4 rings (SSSR count). The van der Waals surface area contributed by atoms with Gasteiger partial charge < -0.3 is 14.5 Å². The van der Waals surface area contributed by atoms with Crippen LogP contribution in [0.2, 0.25) is 10.0 Å². The summed E-state index contributed by atoms with van der Waals surface area (Å²) in [6.07, 6.45) is -0.636. The molecule has 0 saturated carbocycles. The van der Waals surface area contributed by atoms with Crippen LogP contribution in [-0.2, 0) is 0 Å². The van der Waals surface area contributed by atoms with E-state index in [2.05, 4.69) is 15.3 Å². The van der Waals surface area contributed by atoms with Crippen LogP contribution in [-0.4, -0.2) is 23.2 Å². The Morgan fingerprint density at radius 2 is 1.79 bits per heavy atom. The third-order valence-electron chi connectivity index (χ3n) is 4.21. The van der Waals surface area contributed by atoms with Gasteiger partial charge in [-0.05, 0) is 36.4 Å². The number of imidazole rings is 1. The predicted molar refractivity (Wildman–Crippen MR) is 114 cm³/mol. The second-order valence-corrected chi connectivity index (χ2v) is 6.89. The third-order valence-corrected chi connectivity index (χ3v) is 4.84. The van der Waals surface area contributed by atoms with Gasteiger partial charge in [-0.15, -0.1) is 0 Å². The minimum Gasteiger partial charge on any atom is -0.495 e. The zero-order chi connectivity index (χ0) is 20.4. The standard InChI is InChI=1S/C21H15Cl2N3O3/c1-28-18-8-3-2-7-16(18)26-21(27)29-12-9-10-15-17(11-12)25-20(24-15)19-13(22)5-4-6-14(19)23/h2-11H,1H3,(H,24,25)(H,26,27). The largest absolute Gasteiger partial charge is 0.495 e. The van der Waals surface area contributed by atoms with Gasteiger partial charge in [0, 0.05) is 6.07 Å². The fraction of sp³-hybridized carbons (Fsp3) is 0.0476. The highest BCUT2D eigenvalue weighted by atomic mass is 35.5. The Labute approximate surface area is 176 Å². The maximum absolute atomic E-state index is 12.3. The number of carbonyl (C=O) groups is 1. The smallest absolute Gasteiger partial charge is 0.417 e. The number of anilines is 1. The normalized spacial score (nSPS) is 10.7. The highest BCUT2D eigenvalue weighted by molar-refractivity contribution is 6.39. The molecule has 0 aliphatic rings. The summed E-state index contributed by atoms with van der Waals surface area (Å²) in [5, 5.41) is 3.64. The average Bonchev–Trinajstić information content (AvgIpc) is 3.11. The first-order valence-electron chi connectivity index (χ1n) is 8.61. The number of ether oxygens (including phenoxy) is 2. The second-order valence-electron chi connectivity index (χ2n) is 6.08. The van der Waals surface area contributed by atoms with Gasteiger partial charge in [-0.2, -0.15) is 0 Å². The lowest BCUT2D eigenvalue weighted by molar-refractivity contribution is 0.215. The Hall–Kier alpha value is -3.22. The Morgan fingerprint density at radius 1 is 1.03 bits per heavy atom. The van der Waals surface area contributed by atoms with Crippen LogP contribution < -0.4 is 14.8 Å². The average molecular weight is 428 g/mol. The number of carbonyl (C=O) groups excluding carboxylic acids is 1. The summed E-state index contributed by atoms with van der Waals surface area (Å²) in [7, 11) is 1.53. The van der Waals surface area contributed by atoms with Gasteiger partial charge in [-0.3, -0.25) is 5.32 Å². The van der Waals surface area contributed by atoms with Crippen LogP contribution in [0.3, 0.4) is 0 Å². The fourth-order valence-electron chi connectivity index (χ4n) is 2.89. The van der Waals surface area contributed by atoms with Gasteiger partial charge in [0.1, 0.15) is 17.3 Å². The summed E-state index contributed by atoms with van der Waals surface area (Å²) in [6.45, 7) is 0. The van der Waals surface area contributed by atoms with Crippen molar-refractivity contribution in [2.45, 2.75) is 0 Å². The number of methoxy groups -OCH3 is 1. The summed E-state index contributed by atoms with van der Waals surface area (Å²) >= 11 is 12.5. The van der Waals surface area contributed by atoms with Gasteiger partial charge in [0.2, 0.25) is 0 Å². The molecule has 0 unspecified atom stereocenters. The molecule has 0 aliphatic carbocycles. The number of amides is 1. The Balaban J connectivity index is 1.57. The highest BCUT2D eigenvalue weighted by Gasteiger charge is 2.14. The molecule has 1 aromatic heterocycles. The first kappa shape index (κ1) is 19.1. The molecule has 8 heteroatoms. The monoisotopic (exact) mass is 427 g/mol. The number of nitrogens with one attached hydrogen (secondary N) is 2. The van der Waals surface area contributed by atoms with Crippen molar-refractivity contribution in [1.29, 1.82) is 0 Å². The first-order valence-corrected chi connectivity index (χ1v) is 9.37. The maximum Gasteiger partial charge on any atom is 0.417 e. The molecule has 0 aliphatic heterocycles. The van der Waals surface area contributed by atoms with Gasteiger partial charge in [-0.1, -0.05) is 41.4 Å². The van der Waals surface area contributed by atoms with E-state index in [0.717, 1.165) is 0 Å². The maximum atomic E-state index is 12.3. The van der Waals surface area contributed by atoms with E-state index >= 15 is 0 Å². The van der Waals surface area contributed by atoms with E-state index in [1.807, 2.05) is 6.07 Å². The minimum absolute atomic E-state index is 0.352. The summed E-state index contributed by atoms with van der Waals surface area (Å²) in [6, 6.07) is 17.4. The van der Waals surface area contributed by atoms with E-state index in [-0.39, 0.29) is 0 Å². The second kappa shape index (κ2) is 8.03. The Morgan fingerprint density at radius 3 is 2.55 bits per heavy atom. The van der Waals surface area contributed by atoms with Crippen LogP contribution >= 0.6 is 23.2 Å². The molecule has 0 spiro atoms. The lowest BCUT2D eigenvalue weighted by Gasteiger charge is -2.10. The molecule has 1 amide bonds. The van der Waals surface area contributed by atoms with Gasteiger partial charge in [0.15, 0.2) is 0 Å². The minimum atomic E-state index is -0.636. The van der Waals surface area contributed by atoms with E-state index in [1.54, 1.807) is 54.6 Å². The number of aromatic nitrogens is 2. The van der Waals surface area contributed by atoms with Gasteiger partial charge >= 0.3 is 6.09 Å². The van der Waals surface area contributed by atoms with Crippen LogP contribution in [0.15, 0.2) is 60.7 Å². The van der Waals surface area contributed by atoms with Crippen LogP contribution in [0, 0.1) is 0 Å². The van der Waals surface area contributed by atoms with Crippen LogP contribution in [0.1, 0.15) is 0 Å². The van der Waals surface area contributed by atoms with Gasteiger partial charge in [-0.25, -0.2) is 9.78 Å². The summed E-state index contributed by atoms with van der Waals surface area (Å²) < 4.78 is 10.6. The van der Waals surface area contributed by atoms with Crippen molar-refractivity contribution >= 4 is 46.0 Å². The van der Waals surface area contributed by atoms with Crippen molar-refractivity contribution in [3.8, 4) is 22.9 Å². The molecule has 2 N–H and O–H groups in total. The number of aromatic amines is 1. The lowest BCUT2D eigenvalue weighted by Crippen LogP contribution is -2.17. The van der Waals surface area contributed by atoms with Crippen LogP contribution in [0.4, 0.5) is 10.5 Å². The van der Waals surface area contributed by atoms with Gasteiger partial charge in [0.05, 0.1) is 39.4 Å².